The molecule has 0 aromatic rings. The van der Waals surface area contributed by atoms with Gasteiger partial charge in [-0.15, -0.1) is 0 Å². The van der Waals surface area contributed by atoms with Crippen molar-refractivity contribution in [3.05, 3.63) is 0 Å². The quantitative estimate of drug-likeness (QED) is 0.778. The van der Waals surface area contributed by atoms with Crippen molar-refractivity contribution in [1.82, 2.24) is 10.2 Å². The van der Waals surface area contributed by atoms with Crippen LogP contribution in [0.2, 0.25) is 0 Å². The second-order valence-corrected chi connectivity index (χ2v) is 5.77. The lowest BCUT2D eigenvalue weighted by Crippen LogP contribution is -2.47. The number of rotatable bonds is 5. The van der Waals surface area contributed by atoms with Crippen LogP contribution in [0, 0.1) is 0 Å². The summed E-state index contributed by atoms with van der Waals surface area (Å²) in [4.78, 5) is 34.4. The Balaban J connectivity index is 2.28. The Bertz CT molecular complexity index is 353. The molecule has 1 fully saturated rings. The summed E-state index contributed by atoms with van der Waals surface area (Å²) in [6.45, 7) is 2.53. The van der Waals surface area contributed by atoms with Crippen molar-refractivity contribution in [1.29, 1.82) is 0 Å². The largest absolute Gasteiger partial charge is 0.353 e. The molecule has 0 aromatic carbocycles. The lowest BCUT2D eigenvalue weighted by atomic mass is 10.0. The van der Waals surface area contributed by atoms with E-state index in [9.17, 15) is 14.4 Å². The van der Waals surface area contributed by atoms with Gasteiger partial charge in [-0.1, -0.05) is 23.2 Å². The number of Topliss-reactive ketones (excluding diaryl/α,β-unsaturated/α-hetero) is 1. The molecule has 0 aliphatic carbocycles. The summed E-state index contributed by atoms with van der Waals surface area (Å²) >= 11 is 11.1. The SMILES string of the molecule is CC(=O)CCC(=O)NC1CCN(C(=O)C(Cl)Cl)CC1. The molecule has 0 unspecified atom stereocenters. The number of likely N-dealkylation sites (tertiary alicyclic amines) is 1. The summed E-state index contributed by atoms with van der Waals surface area (Å²) < 4.78 is 0. The molecule has 0 spiro atoms. The third-order valence-corrected chi connectivity index (χ3v) is 3.44. The van der Waals surface area contributed by atoms with E-state index in [-0.39, 0.29) is 36.5 Å². The van der Waals surface area contributed by atoms with E-state index in [1.807, 2.05) is 0 Å². The summed E-state index contributed by atoms with van der Waals surface area (Å²) in [5.74, 6) is -0.400. The van der Waals surface area contributed by atoms with Gasteiger partial charge in [-0.2, -0.15) is 0 Å². The van der Waals surface area contributed by atoms with Gasteiger partial charge < -0.3 is 15.0 Å². The zero-order valence-corrected chi connectivity index (χ0v) is 12.3. The van der Waals surface area contributed by atoms with Crippen molar-refractivity contribution in [3.8, 4) is 0 Å². The Hall–Kier alpha value is -0.810. The number of nitrogens with one attached hydrogen (secondary N) is 1. The number of hydrogen-bond acceptors (Lipinski definition) is 3. The zero-order chi connectivity index (χ0) is 14.4. The Kier molecular flexibility index (Phi) is 6.58. The Labute approximate surface area is 122 Å². The number of amides is 2. The molecule has 1 N–H and O–H groups in total. The average molecular weight is 309 g/mol. The van der Waals surface area contributed by atoms with E-state index in [4.69, 9.17) is 23.2 Å². The fourth-order valence-electron chi connectivity index (χ4n) is 1.97. The molecule has 1 aliphatic heterocycles. The molecular weight excluding hydrogens is 291 g/mol. The molecule has 108 valence electrons. The highest BCUT2D eigenvalue weighted by atomic mass is 35.5. The van der Waals surface area contributed by atoms with Crippen LogP contribution in [-0.2, 0) is 14.4 Å². The second kappa shape index (κ2) is 7.70. The van der Waals surface area contributed by atoms with Crippen molar-refractivity contribution in [2.75, 3.05) is 13.1 Å². The number of ketones is 1. The van der Waals surface area contributed by atoms with Gasteiger partial charge in [-0.25, -0.2) is 0 Å². The van der Waals surface area contributed by atoms with Gasteiger partial charge in [-0.05, 0) is 19.8 Å². The van der Waals surface area contributed by atoms with Crippen molar-refractivity contribution in [2.24, 2.45) is 0 Å². The minimum absolute atomic E-state index is 0.00540. The highest BCUT2D eigenvalue weighted by Gasteiger charge is 2.26. The highest BCUT2D eigenvalue weighted by molar-refractivity contribution is 6.53. The Morgan fingerprint density at radius 1 is 1.21 bits per heavy atom. The van der Waals surface area contributed by atoms with Crippen LogP contribution in [0.15, 0.2) is 0 Å². The summed E-state index contributed by atoms with van der Waals surface area (Å²) in [5, 5.41) is 2.87. The number of hydrogen-bond donors (Lipinski definition) is 1. The van der Waals surface area contributed by atoms with Crippen LogP contribution in [0.25, 0.3) is 0 Å². The molecule has 0 radical (unpaired) electrons. The van der Waals surface area contributed by atoms with Crippen molar-refractivity contribution in [2.45, 2.75) is 43.5 Å². The van der Waals surface area contributed by atoms with Crippen LogP contribution in [0.3, 0.4) is 0 Å². The van der Waals surface area contributed by atoms with Crippen LogP contribution < -0.4 is 5.32 Å². The first-order valence-electron chi connectivity index (χ1n) is 6.26. The van der Waals surface area contributed by atoms with E-state index in [1.54, 1.807) is 4.90 Å². The van der Waals surface area contributed by atoms with Gasteiger partial charge in [0.25, 0.3) is 5.91 Å². The van der Waals surface area contributed by atoms with E-state index in [0.717, 1.165) is 0 Å². The van der Waals surface area contributed by atoms with E-state index in [1.165, 1.54) is 6.92 Å². The van der Waals surface area contributed by atoms with Crippen molar-refractivity contribution in [3.63, 3.8) is 0 Å². The topological polar surface area (TPSA) is 66.5 Å². The minimum Gasteiger partial charge on any atom is -0.353 e. The monoisotopic (exact) mass is 308 g/mol. The molecule has 1 rings (SSSR count). The third-order valence-electron chi connectivity index (χ3n) is 3.06. The fourth-order valence-corrected chi connectivity index (χ4v) is 2.25. The van der Waals surface area contributed by atoms with Gasteiger partial charge in [-0.3, -0.25) is 9.59 Å². The van der Waals surface area contributed by atoms with Gasteiger partial charge in [0.05, 0.1) is 0 Å². The van der Waals surface area contributed by atoms with Crippen LogP contribution in [-0.4, -0.2) is 46.5 Å². The number of halogens is 2. The van der Waals surface area contributed by atoms with E-state index in [2.05, 4.69) is 5.32 Å². The molecule has 0 bridgehead atoms. The maximum Gasteiger partial charge on any atom is 0.255 e. The molecule has 0 atom stereocenters. The normalized spacial score (nSPS) is 16.5. The van der Waals surface area contributed by atoms with Crippen LogP contribution in [0.4, 0.5) is 0 Å². The highest BCUT2D eigenvalue weighted by Crippen LogP contribution is 2.15. The fraction of sp³-hybridized carbons (Fsp3) is 0.750. The molecule has 19 heavy (non-hydrogen) atoms. The maximum atomic E-state index is 11.6. The summed E-state index contributed by atoms with van der Waals surface area (Å²) in [5.41, 5.74) is 0. The molecule has 1 saturated heterocycles. The smallest absolute Gasteiger partial charge is 0.255 e. The molecule has 1 aliphatic rings. The number of nitrogens with zero attached hydrogens (tertiary/aromatic N) is 1. The number of alkyl halides is 2. The lowest BCUT2D eigenvalue weighted by Gasteiger charge is -2.32. The zero-order valence-electron chi connectivity index (χ0n) is 10.8. The van der Waals surface area contributed by atoms with Crippen LogP contribution in [0.5, 0.6) is 0 Å². The number of carbonyl (C=O) groups excluding carboxylic acids is 3. The Morgan fingerprint density at radius 3 is 2.26 bits per heavy atom. The second-order valence-electron chi connectivity index (χ2n) is 4.67. The van der Waals surface area contributed by atoms with Gasteiger partial charge in [0.2, 0.25) is 5.91 Å². The maximum absolute atomic E-state index is 11.6. The van der Waals surface area contributed by atoms with Crippen LogP contribution >= 0.6 is 23.2 Å². The first-order chi connectivity index (χ1) is 8.90. The van der Waals surface area contributed by atoms with E-state index >= 15 is 0 Å². The van der Waals surface area contributed by atoms with Crippen molar-refractivity contribution >= 4 is 40.8 Å². The van der Waals surface area contributed by atoms with Crippen molar-refractivity contribution < 1.29 is 14.4 Å². The summed E-state index contributed by atoms with van der Waals surface area (Å²) in [6.07, 6.45) is 1.85. The Morgan fingerprint density at radius 2 is 1.79 bits per heavy atom. The summed E-state index contributed by atoms with van der Waals surface area (Å²) in [6, 6.07) is 0.0487. The molecule has 0 saturated carbocycles. The number of piperidine rings is 1. The molecule has 7 heteroatoms. The molecular formula is C12H18Cl2N2O3. The van der Waals surface area contributed by atoms with Crippen LogP contribution in [0.1, 0.15) is 32.6 Å². The summed E-state index contributed by atoms with van der Waals surface area (Å²) in [7, 11) is 0. The molecule has 1 heterocycles. The standard InChI is InChI=1S/C12H18Cl2N2O3/c1-8(17)2-3-10(18)15-9-4-6-16(7-5-9)12(19)11(13)14/h9,11H,2-7H2,1H3,(H,15,18). The first-order valence-corrected chi connectivity index (χ1v) is 7.13. The van der Waals surface area contributed by atoms with Gasteiger partial charge in [0.15, 0.2) is 4.84 Å². The average Bonchev–Trinajstić information content (AvgIpc) is 2.36. The predicted molar refractivity (Wildman–Crippen MR) is 73.2 cm³/mol. The van der Waals surface area contributed by atoms with Gasteiger partial charge in [0.1, 0.15) is 5.78 Å². The van der Waals surface area contributed by atoms with Gasteiger partial charge >= 0.3 is 0 Å². The van der Waals surface area contributed by atoms with E-state index in [0.29, 0.717) is 25.9 Å². The molecule has 2 amide bonds. The first kappa shape index (κ1) is 16.2. The number of carbonyl (C=O) groups is 3. The third kappa shape index (κ3) is 5.78. The van der Waals surface area contributed by atoms with Gasteiger partial charge in [0, 0.05) is 32.0 Å². The molecule has 5 nitrogen and oxygen atoms in total. The minimum atomic E-state index is -1.03. The predicted octanol–water partition coefficient (Wildman–Crippen LogP) is 1.27. The molecule has 0 aromatic heterocycles. The lowest BCUT2D eigenvalue weighted by molar-refractivity contribution is -0.130. The van der Waals surface area contributed by atoms with E-state index < -0.39 is 4.84 Å².